The Morgan fingerprint density at radius 1 is 1.35 bits per heavy atom. The predicted molar refractivity (Wildman–Crippen MR) is 77.6 cm³/mol. The topological polar surface area (TPSA) is 33.5 Å². The number of thiophene rings is 1. The van der Waals surface area contributed by atoms with Gasteiger partial charge in [0.2, 0.25) is 5.91 Å². The summed E-state index contributed by atoms with van der Waals surface area (Å²) in [6.45, 7) is 0.906. The molecule has 0 spiro atoms. The van der Waals surface area contributed by atoms with Gasteiger partial charge < -0.3 is 9.32 Å². The molecule has 0 bridgehead atoms. The van der Waals surface area contributed by atoms with Crippen LogP contribution in [-0.2, 0) is 4.79 Å². The van der Waals surface area contributed by atoms with Gasteiger partial charge in [0.1, 0.15) is 5.76 Å². The number of hydrogen-bond donors (Lipinski definition) is 0. The molecule has 1 amide bonds. The Morgan fingerprint density at radius 2 is 2.30 bits per heavy atom. The third kappa shape index (κ3) is 1.99. The molecule has 1 saturated heterocycles. The van der Waals surface area contributed by atoms with Crippen LogP contribution in [0.4, 0.5) is 0 Å². The second-order valence-corrected chi connectivity index (χ2v) is 6.65. The lowest BCUT2D eigenvalue weighted by Crippen LogP contribution is -2.31. The van der Waals surface area contributed by atoms with Crippen LogP contribution >= 0.6 is 11.3 Å². The minimum atomic E-state index is 0.140. The lowest BCUT2D eigenvalue weighted by Gasteiger charge is -2.24. The minimum Gasteiger partial charge on any atom is -0.469 e. The van der Waals surface area contributed by atoms with E-state index in [0.29, 0.717) is 17.9 Å². The largest absolute Gasteiger partial charge is 0.469 e. The van der Waals surface area contributed by atoms with Crippen molar-refractivity contribution < 1.29 is 9.21 Å². The van der Waals surface area contributed by atoms with Crippen LogP contribution in [0.1, 0.15) is 41.9 Å². The van der Waals surface area contributed by atoms with E-state index in [9.17, 15) is 4.79 Å². The molecule has 4 rings (SSSR count). The first kappa shape index (κ1) is 12.2. The molecule has 1 aliphatic heterocycles. The molecule has 2 fully saturated rings. The highest BCUT2D eigenvalue weighted by Crippen LogP contribution is 2.50. The molecule has 0 unspecified atom stereocenters. The summed E-state index contributed by atoms with van der Waals surface area (Å²) in [5.74, 6) is 1.74. The maximum absolute atomic E-state index is 12.7. The van der Waals surface area contributed by atoms with Crippen molar-refractivity contribution >= 4 is 17.2 Å². The minimum absolute atomic E-state index is 0.140. The maximum atomic E-state index is 12.7. The van der Waals surface area contributed by atoms with Crippen molar-refractivity contribution in [3.63, 3.8) is 0 Å². The molecule has 3 nitrogen and oxygen atoms in total. The molecule has 0 N–H and O–H groups in total. The van der Waals surface area contributed by atoms with E-state index in [2.05, 4.69) is 22.4 Å². The molecule has 1 saturated carbocycles. The van der Waals surface area contributed by atoms with Gasteiger partial charge >= 0.3 is 0 Å². The first-order valence-corrected chi connectivity index (χ1v) is 8.10. The zero-order chi connectivity index (χ0) is 13.5. The van der Waals surface area contributed by atoms with E-state index in [1.807, 2.05) is 12.1 Å². The molecule has 3 heterocycles. The quantitative estimate of drug-likeness (QED) is 0.860. The van der Waals surface area contributed by atoms with Crippen LogP contribution in [0.15, 0.2) is 40.3 Å². The number of carbonyl (C=O) groups is 1. The van der Waals surface area contributed by atoms with Crippen molar-refractivity contribution in [3.8, 4) is 0 Å². The Labute approximate surface area is 122 Å². The van der Waals surface area contributed by atoms with Crippen molar-refractivity contribution in [2.24, 2.45) is 5.92 Å². The summed E-state index contributed by atoms with van der Waals surface area (Å²) in [6, 6.07) is 8.42. The van der Waals surface area contributed by atoms with Crippen LogP contribution in [-0.4, -0.2) is 17.4 Å². The number of nitrogens with zero attached hydrogens (tertiary/aromatic N) is 1. The molecule has 20 heavy (non-hydrogen) atoms. The van der Waals surface area contributed by atoms with Crippen LogP contribution in [0.2, 0.25) is 0 Å². The molecule has 104 valence electrons. The molecule has 4 heteroatoms. The molecule has 2 aromatic rings. The molecule has 0 aromatic carbocycles. The van der Waals surface area contributed by atoms with Gasteiger partial charge in [0.15, 0.2) is 0 Å². The molecule has 2 aliphatic rings. The number of hydrogen-bond acceptors (Lipinski definition) is 3. The van der Waals surface area contributed by atoms with Gasteiger partial charge in [-0.2, -0.15) is 0 Å². The second-order valence-electron chi connectivity index (χ2n) is 5.67. The lowest BCUT2D eigenvalue weighted by atomic mass is 10.1. The number of furan rings is 1. The number of amides is 1. The van der Waals surface area contributed by atoms with Crippen LogP contribution in [0.25, 0.3) is 0 Å². The summed E-state index contributed by atoms with van der Waals surface area (Å²) < 4.78 is 5.43. The summed E-state index contributed by atoms with van der Waals surface area (Å²) in [6.07, 6.45) is 4.86. The fourth-order valence-corrected chi connectivity index (χ4v) is 4.18. The maximum Gasteiger partial charge on any atom is 0.226 e. The van der Waals surface area contributed by atoms with Crippen molar-refractivity contribution in [1.82, 2.24) is 4.90 Å². The fourth-order valence-electron chi connectivity index (χ4n) is 3.30. The normalized spacial score (nSPS) is 28.8. The fraction of sp³-hybridized carbons (Fsp3) is 0.438. The average Bonchev–Trinajstić information content (AvgIpc) is 2.97. The number of carbonyl (C=O) groups excluding carboxylic acids is 1. The number of likely N-dealkylation sites (tertiary alicyclic amines) is 1. The average molecular weight is 287 g/mol. The van der Waals surface area contributed by atoms with Crippen molar-refractivity contribution in [2.75, 3.05) is 6.54 Å². The van der Waals surface area contributed by atoms with Gasteiger partial charge in [-0.25, -0.2) is 0 Å². The van der Waals surface area contributed by atoms with Gasteiger partial charge in [0, 0.05) is 23.3 Å². The molecule has 0 radical (unpaired) electrons. The Kier molecular flexibility index (Phi) is 2.91. The zero-order valence-electron chi connectivity index (χ0n) is 11.2. The molecule has 3 atom stereocenters. The predicted octanol–water partition coefficient (Wildman–Crippen LogP) is 3.81. The van der Waals surface area contributed by atoms with Crippen molar-refractivity contribution in [1.29, 1.82) is 0 Å². The van der Waals surface area contributed by atoms with E-state index in [1.165, 1.54) is 4.88 Å². The highest BCUT2D eigenvalue weighted by atomic mass is 32.1. The lowest BCUT2D eigenvalue weighted by molar-refractivity contribution is -0.133. The highest BCUT2D eigenvalue weighted by molar-refractivity contribution is 7.10. The summed E-state index contributed by atoms with van der Waals surface area (Å²) >= 11 is 1.76. The summed E-state index contributed by atoms with van der Waals surface area (Å²) in [5.41, 5.74) is 0. The van der Waals surface area contributed by atoms with Gasteiger partial charge in [-0.15, -0.1) is 11.3 Å². The van der Waals surface area contributed by atoms with Gasteiger partial charge in [0.25, 0.3) is 0 Å². The van der Waals surface area contributed by atoms with E-state index in [4.69, 9.17) is 4.42 Å². The second kappa shape index (κ2) is 4.77. The zero-order valence-corrected chi connectivity index (χ0v) is 12.0. The third-order valence-electron chi connectivity index (χ3n) is 4.42. The SMILES string of the molecule is O=C([C@@H]1C[C@@H]1c1ccco1)N1CCC[C@@H]1c1cccs1. The van der Waals surface area contributed by atoms with E-state index in [1.54, 1.807) is 17.6 Å². The van der Waals surface area contributed by atoms with Gasteiger partial charge in [-0.3, -0.25) is 4.79 Å². The van der Waals surface area contributed by atoms with Gasteiger partial charge in [-0.05, 0) is 42.8 Å². The highest BCUT2D eigenvalue weighted by Gasteiger charge is 2.49. The smallest absolute Gasteiger partial charge is 0.226 e. The van der Waals surface area contributed by atoms with E-state index < -0.39 is 0 Å². The third-order valence-corrected chi connectivity index (χ3v) is 5.40. The van der Waals surface area contributed by atoms with Crippen molar-refractivity contribution in [2.45, 2.75) is 31.2 Å². The Morgan fingerprint density at radius 3 is 3.05 bits per heavy atom. The van der Waals surface area contributed by atoms with E-state index in [0.717, 1.165) is 31.6 Å². The molecular formula is C16H17NO2S. The van der Waals surface area contributed by atoms with Crippen LogP contribution in [0.3, 0.4) is 0 Å². The van der Waals surface area contributed by atoms with Crippen molar-refractivity contribution in [3.05, 3.63) is 46.5 Å². The molecular weight excluding hydrogens is 270 g/mol. The summed E-state index contributed by atoms with van der Waals surface area (Å²) in [4.78, 5) is 16.1. The monoisotopic (exact) mass is 287 g/mol. The number of rotatable bonds is 3. The Hall–Kier alpha value is -1.55. The standard InChI is InChI=1S/C16H17NO2S/c18-16(12-10-11(12)14-5-2-8-19-14)17-7-1-4-13(17)15-6-3-9-20-15/h2-3,5-6,8-9,11-13H,1,4,7,10H2/t11-,12+,13+/m0/s1. The molecule has 2 aromatic heterocycles. The Balaban J connectivity index is 1.49. The summed E-state index contributed by atoms with van der Waals surface area (Å²) in [7, 11) is 0. The first-order valence-electron chi connectivity index (χ1n) is 7.22. The van der Waals surface area contributed by atoms with Crippen LogP contribution in [0, 0.1) is 5.92 Å². The Bertz CT molecular complexity index is 590. The van der Waals surface area contributed by atoms with Crippen LogP contribution in [0.5, 0.6) is 0 Å². The summed E-state index contributed by atoms with van der Waals surface area (Å²) in [5, 5.41) is 2.10. The van der Waals surface area contributed by atoms with Crippen LogP contribution < -0.4 is 0 Å². The first-order chi connectivity index (χ1) is 9.84. The van der Waals surface area contributed by atoms with Gasteiger partial charge in [-0.1, -0.05) is 6.07 Å². The van der Waals surface area contributed by atoms with E-state index in [-0.39, 0.29) is 5.92 Å². The van der Waals surface area contributed by atoms with Gasteiger partial charge in [0.05, 0.1) is 12.3 Å². The molecule has 1 aliphatic carbocycles. The van der Waals surface area contributed by atoms with E-state index >= 15 is 0 Å².